The van der Waals surface area contributed by atoms with Gasteiger partial charge in [0.05, 0.1) is 22.7 Å². The van der Waals surface area contributed by atoms with Crippen molar-refractivity contribution in [1.29, 1.82) is 0 Å². The third-order valence-electron chi connectivity index (χ3n) is 5.71. The maximum absolute atomic E-state index is 13.2. The highest BCUT2D eigenvalue weighted by Gasteiger charge is 2.19. The summed E-state index contributed by atoms with van der Waals surface area (Å²) in [5.74, 6) is 0.0491. The maximum Gasteiger partial charge on any atom is 0.262 e. The molecule has 33 heavy (non-hydrogen) atoms. The third-order valence-corrected chi connectivity index (χ3v) is 6.66. The molecule has 6 heteroatoms. The molecule has 0 bridgehead atoms. The van der Waals surface area contributed by atoms with Gasteiger partial charge >= 0.3 is 0 Å². The summed E-state index contributed by atoms with van der Waals surface area (Å²) in [5, 5.41) is 4.33. The van der Waals surface area contributed by atoms with E-state index in [0.29, 0.717) is 16.1 Å². The number of benzene rings is 3. The lowest BCUT2D eigenvalue weighted by Crippen LogP contribution is -2.31. The van der Waals surface area contributed by atoms with Crippen LogP contribution in [0.2, 0.25) is 0 Å². The minimum absolute atomic E-state index is 0.0125. The second-order valence-electron chi connectivity index (χ2n) is 7.95. The first-order valence-electron chi connectivity index (χ1n) is 11.1. The van der Waals surface area contributed by atoms with E-state index in [-0.39, 0.29) is 29.3 Å². The van der Waals surface area contributed by atoms with E-state index in [1.807, 2.05) is 92.7 Å². The minimum Gasteiger partial charge on any atom is -0.344 e. The average Bonchev–Trinajstić information content (AvgIpc) is 2.86. The zero-order valence-corrected chi connectivity index (χ0v) is 19.6. The van der Waals surface area contributed by atoms with Crippen LogP contribution in [0.1, 0.15) is 43.5 Å². The van der Waals surface area contributed by atoms with Crippen molar-refractivity contribution < 1.29 is 4.79 Å². The molecular formula is C27H27N3O2S. The topological polar surface area (TPSA) is 64.0 Å². The Kier molecular flexibility index (Phi) is 7.25. The Bertz CT molecular complexity index is 1250. The van der Waals surface area contributed by atoms with Crippen molar-refractivity contribution in [3.05, 3.63) is 106 Å². The predicted octanol–water partition coefficient (Wildman–Crippen LogP) is 5.37. The summed E-state index contributed by atoms with van der Waals surface area (Å²) in [4.78, 5) is 30.9. The van der Waals surface area contributed by atoms with Crippen molar-refractivity contribution >= 4 is 28.6 Å². The van der Waals surface area contributed by atoms with Crippen molar-refractivity contribution in [2.75, 3.05) is 5.75 Å². The van der Waals surface area contributed by atoms with E-state index in [1.165, 1.54) is 11.8 Å². The molecule has 0 spiro atoms. The van der Waals surface area contributed by atoms with Gasteiger partial charge in [0.1, 0.15) is 0 Å². The van der Waals surface area contributed by atoms with Crippen molar-refractivity contribution in [2.24, 2.45) is 0 Å². The first kappa shape index (κ1) is 22.8. The van der Waals surface area contributed by atoms with Crippen LogP contribution < -0.4 is 10.9 Å². The number of carbonyl (C=O) groups is 1. The number of para-hydroxylation sites is 1. The molecule has 0 aliphatic carbocycles. The SMILES string of the molecule is CCC(C)n1c(SCC(=O)NC(c2ccccc2)c2ccccc2)nc2ccccc2c1=O. The van der Waals surface area contributed by atoms with Gasteiger partial charge in [0.15, 0.2) is 5.16 Å². The zero-order chi connectivity index (χ0) is 23.2. The molecule has 4 rings (SSSR count). The molecule has 0 saturated carbocycles. The molecule has 0 saturated heterocycles. The van der Waals surface area contributed by atoms with Gasteiger partial charge < -0.3 is 5.32 Å². The quantitative estimate of drug-likeness (QED) is 0.286. The average molecular weight is 458 g/mol. The van der Waals surface area contributed by atoms with Gasteiger partial charge in [0, 0.05) is 6.04 Å². The standard InChI is InChI=1S/C27H27N3O2S/c1-3-19(2)30-26(32)22-16-10-11-17-23(22)28-27(30)33-18-24(31)29-25(20-12-6-4-7-13-20)21-14-8-5-9-15-21/h4-17,19,25H,3,18H2,1-2H3,(H,29,31). The van der Waals surface area contributed by atoms with E-state index in [1.54, 1.807) is 10.6 Å². The first-order valence-corrected chi connectivity index (χ1v) is 12.1. The number of nitrogens with one attached hydrogen (secondary N) is 1. The summed E-state index contributed by atoms with van der Waals surface area (Å²) in [6.45, 7) is 4.04. The van der Waals surface area contributed by atoms with E-state index in [9.17, 15) is 9.59 Å². The van der Waals surface area contributed by atoms with Gasteiger partial charge in [0.2, 0.25) is 5.91 Å². The number of thioether (sulfide) groups is 1. The largest absolute Gasteiger partial charge is 0.344 e. The fourth-order valence-corrected chi connectivity index (χ4v) is 4.69. The van der Waals surface area contributed by atoms with E-state index in [0.717, 1.165) is 17.5 Å². The van der Waals surface area contributed by atoms with E-state index in [4.69, 9.17) is 4.98 Å². The van der Waals surface area contributed by atoms with Crippen LogP contribution in [0.4, 0.5) is 0 Å². The number of nitrogens with zero attached hydrogens (tertiary/aromatic N) is 2. The predicted molar refractivity (Wildman–Crippen MR) is 135 cm³/mol. The van der Waals surface area contributed by atoms with Crippen LogP contribution in [0, 0.1) is 0 Å². The Labute approximate surface area is 197 Å². The van der Waals surface area contributed by atoms with Gasteiger partial charge in [-0.15, -0.1) is 0 Å². The molecule has 4 aromatic rings. The Morgan fingerprint density at radius 2 is 1.52 bits per heavy atom. The lowest BCUT2D eigenvalue weighted by molar-refractivity contribution is -0.119. The number of hydrogen-bond donors (Lipinski definition) is 1. The smallest absolute Gasteiger partial charge is 0.262 e. The fraction of sp³-hybridized carbons (Fsp3) is 0.222. The molecule has 1 aromatic heterocycles. The van der Waals surface area contributed by atoms with Crippen LogP contribution in [-0.4, -0.2) is 21.2 Å². The fourth-order valence-electron chi connectivity index (χ4n) is 3.78. The third kappa shape index (κ3) is 5.17. The Hall–Kier alpha value is -3.38. The van der Waals surface area contributed by atoms with Crippen LogP contribution in [-0.2, 0) is 4.79 Å². The van der Waals surface area contributed by atoms with Crippen molar-refractivity contribution in [2.45, 2.75) is 37.5 Å². The van der Waals surface area contributed by atoms with Crippen molar-refractivity contribution in [1.82, 2.24) is 14.9 Å². The Balaban J connectivity index is 1.58. The monoisotopic (exact) mass is 457 g/mol. The van der Waals surface area contributed by atoms with Gasteiger partial charge in [-0.3, -0.25) is 14.2 Å². The molecule has 0 aliphatic rings. The molecule has 1 N–H and O–H groups in total. The highest BCUT2D eigenvalue weighted by molar-refractivity contribution is 7.99. The molecule has 168 valence electrons. The summed E-state index contributed by atoms with van der Waals surface area (Å²) >= 11 is 1.30. The number of hydrogen-bond acceptors (Lipinski definition) is 4. The molecule has 0 radical (unpaired) electrons. The minimum atomic E-state index is -0.248. The molecule has 0 fully saturated rings. The summed E-state index contributed by atoms with van der Waals surface area (Å²) in [5.41, 5.74) is 2.62. The number of amides is 1. The van der Waals surface area contributed by atoms with Gasteiger partial charge in [-0.05, 0) is 36.6 Å². The molecule has 0 aliphatic heterocycles. The Morgan fingerprint density at radius 1 is 0.939 bits per heavy atom. The van der Waals surface area contributed by atoms with Crippen molar-refractivity contribution in [3.8, 4) is 0 Å². The normalized spacial score (nSPS) is 12.1. The van der Waals surface area contributed by atoms with Crippen LogP contribution in [0.5, 0.6) is 0 Å². The molecule has 1 amide bonds. The molecule has 1 unspecified atom stereocenters. The van der Waals surface area contributed by atoms with Crippen molar-refractivity contribution in [3.63, 3.8) is 0 Å². The summed E-state index contributed by atoms with van der Waals surface area (Å²) in [7, 11) is 0. The highest BCUT2D eigenvalue weighted by Crippen LogP contribution is 2.24. The lowest BCUT2D eigenvalue weighted by atomic mass is 9.99. The van der Waals surface area contributed by atoms with E-state index in [2.05, 4.69) is 5.32 Å². The van der Waals surface area contributed by atoms with Gasteiger partial charge in [-0.25, -0.2) is 4.98 Å². The summed E-state index contributed by atoms with van der Waals surface area (Å²) < 4.78 is 1.71. The number of fused-ring (bicyclic) bond motifs is 1. The van der Waals surface area contributed by atoms with Crippen LogP contribution in [0.3, 0.4) is 0 Å². The zero-order valence-electron chi connectivity index (χ0n) is 18.8. The first-order chi connectivity index (χ1) is 16.1. The highest BCUT2D eigenvalue weighted by atomic mass is 32.2. The van der Waals surface area contributed by atoms with Crippen LogP contribution >= 0.6 is 11.8 Å². The molecule has 3 aromatic carbocycles. The van der Waals surface area contributed by atoms with Crippen LogP contribution in [0.15, 0.2) is 94.9 Å². The molecule has 1 atom stereocenters. The van der Waals surface area contributed by atoms with Crippen LogP contribution in [0.25, 0.3) is 10.9 Å². The Morgan fingerprint density at radius 3 is 2.12 bits per heavy atom. The molecule has 5 nitrogen and oxygen atoms in total. The summed E-state index contributed by atoms with van der Waals surface area (Å²) in [6.07, 6.45) is 0.795. The van der Waals surface area contributed by atoms with E-state index >= 15 is 0 Å². The second kappa shape index (κ2) is 10.5. The molecule has 1 heterocycles. The lowest BCUT2D eigenvalue weighted by Gasteiger charge is -2.21. The van der Waals surface area contributed by atoms with E-state index < -0.39 is 0 Å². The number of aromatic nitrogens is 2. The number of carbonyl (C=O) groups excluding carboxylic acids is 1. The molecular weight excluding hydrogens is 430 g/mol. The summed E-state index contributed by atoms with van der Waals surface area (Å²) in [6, 6.07) is 26.9. The van der Waals surface area contributed by atoms with Gasteiger partial charge in [-0.1, -0.05) is 91.5 Å². The number of rotatable bonds is 8. The van der Waals surface area contributed by atoms with Gasteiger partial charge in [-0.2, -0.15) is 0 Å². The van der Waals surface area contributed by atoms with Gasteiger partial charge in [0.25, 0.3) is 5.56 Å². The second-order valence-corrected chi connectivity index (χ2v) is 8.90. The maximum atomic E-state index is 13.2.